The van der Waals surface area contributed by atoms with Crippen LogP contribution >= 0.6 is 0 Å². The van der Waals surface area contributed by atoms with Gasteiger partial charge >= 0.3 is 0 Å². The molecule has 0 aromatic carbocycles. The molecule has 4 nitrogen and oxygen atoms in total. The van der Waals surface area contributed by atoms with Gasteiger partial charge in [-0.25, -0.2) is 0 Å². The van der Waals surface area contributed by atoms with Gasteiger partial charge in [-0.3, -0.25) is 4.90 Å². The van der Waals surface area contributed by atoms with E-state index in [-0.39, 0.29) is 0 Å². The SMILES string of the molecule is CN1CCN(CCOC#N)CC1. The molecule has 68 valence electrons. The average molecular weight is 169 g/mol. The Morgan fingerprint density at radius 2 is 2.00 bits per heavy atom. The summed E-state index contributed by atoms with van der Waals surface area (Å²) in [4.78, 5) is 4.62. The maximum atomic E-state index is 8.14. The summed E-state index contributed by atoms with van der Waals surface area (Å²) in [7, 11) is 2.13. The largest absolute Gasteiger partial charge is 0.426 e. The molecule has 4 heteroatoms. The van der Waals surface area contributed by atoms with Crippen molar-refractivity contribution in [3.05, 3.63) is 0 Å². The molecule has 0 N–H and O–H groups in total. The third-order valence-corrected chi connectivity index (χ3v) is 2.17. The standard InChI is InChI=1S/C8H15N3O/c1-10-2-4-11(5-3-10)6-7-12-8-9/h2-7H2,1H3. The molecule has 0 amide bonds. The lowest BCUT2D eigenvalue weighted by atomic mass is 10.3. The molecule has 1 rings (SSSR count). The number of hydrogen-bond donors (Lipinski definition) is 0. The summed E-state index contributed by atoms with van der Waals surface area (Å²) in [5, 5.41) is 8.14. The Bertz CT molecular complexity index is 158. The van der Waals surface area contributed by atoms with E-state index >= 15 is 0 Å². The van der Waals surface area contributed by atoms with Crippen LogP contribution in [0, 0.1) is 11.5 Å². The molecular formula is C8H15N3O. The summed E-state index contributed by atoms with van der Waals surface area (Å²) in [6.45, 7) is 5.82. The lowest BCUT2D eigenvalue weighted by Gasteiger charge is -2.31. The van der Waals surface area contributed by atoms with Gasteiger partial charge in [0.2, 0.25) is 0 Å². The minimum atomic E-state index is 0.528. The van der Waals surface area contributed by atoms with Crippen molar-refractivity contribution in [1.82, 2.24) is 9.80 Å². The van der Waals surface area contributed by atoms with E-state index in [4.69, 9.17) is 5.26 Å². The Labute approximate surface area is 73.3 Å². The van der Waals surface area contributed by atoms with Crippen LogP contribution in [0.2, 0.25) is 0 Å². The molecule has 0 aromatic rings. The van der Waals surface area contributed by atoms with E-state index in [1.54, 1.807) is 6.26 Å². The van der Waals surface area contributed by atoms with Crippen LogP contribution in [-0.4, -0.2) is 56.2 Å². The van der Waals surface area contributed by atoms with E-state index in [0.29, 0.717) is 6.61 Å². The van der Waals surface area contributed by atoms with Crippen molar-refractivity contribution in [1.29, 1.82) is 5.26 Å². The lowest BCUT2D eigenvalue weighted by Crippen LogP contribution is -2.45. The van der Waals surface area contributed by atoms with Gasteiger partial charge in [0, 0.05) is 32.7 Å². The van der Waals surface area contributed by atoms with Gasteiger partial charge < -0.3 is 9.64 Å². The molecule has 1 aliphatic rings. The highest BCUT2D eigenvalue weighted by molar-refractivity contribution is 4.69. The highest BCUT2D eigenvalue weighted by Gasteiger charge is 2.12. The van der Waals surface area contributed by atoms with Crippen LogP contribution in [0.3, 0.4) is 0 Å². The molecule has 0 aliphatic carbocycles. The zero-order chi connectivity index (χ0) is 8.81. The number of piperazine rings is 1. The molecule has 12 heavy (non-hydrogen) atoms. The van der Waals surface area contributed by atoms with Crippen molar-refractivity contribution in [3.8, 4) is 6.26 Å². The Balaban J connectivity index is 2.06. The van der Waals surface area contributed by atoms with Gasteiger partial charge in [0.1, 0.15) is 6.61 Å². The van der Waals surface area contributed by atoms with E-state index in [2.05, 4.69) is 21.6 Å². The number of rotatable bonds is 3. The third-order valence-electron chi connectivity index (χ3n) is 2.17. The van der Waals surface area contributed by atoms with Crippen molar-refractivity contribution in [2.24, 2.45) is 0 Å². The number of nitrogens with zero attached hydrogens (tertiary/aromatic N) is 3. The summed E-state index contributed by atoms with van der Waals surface area (Å²) >= 11 is 0. The second kappa shape index (κ2) is 4.96. The van der Waals surface area contributed by atoms with E-state index in [0.717, 1.165) is 32.7 Å². The first-order chi connectivity index (χ1) is 5.83. The molecule has 1 heterocycles. The fourth-order valence-electron chi connectivity index (χ4n) is 1.29. The molecule has 0 atom stereocenters. The summed E-state index contributed by atoms with van der Waals surface area (Å²) < 4.78 is 4.61. The molecule has 0 aromatic heterocycles. The van der Waals surface area contributed by atoms with Crippen LogP contribution < -0.4 is 0 Å². The van der Waals surface area contributed by atoms with Crippen LogP contribution in [0.25, 0.3) is 0 Å². The van der Waals surface area contributed by atoms with Crippen molar-refractivity contribution in [2.45, 2.75) is 0 Å². The Hall–Kier alpha value is -0.790. The zero-order valence-corrected chi connectivity index (χ0v) is 7.49. The fourth-order valence-corrected chi connectivity index (χ4v) is 1.29. The fraction of sp³-hybridized carbons (Fsp3) is 0.875. The third kappa shape index (κ3) is 3.07. The van der Waals surface area contributed by atoms with Crippen molar-refractivity contribution >= 4 is 0 Å². The van der Waals surface area contributed by atoms with E-state index in [1.807, 2.05) is 0 Å². The summed E-state index contributed by atoms with van der Waals surface area (Å²) in [5.41, 5.74) is 0. The van der Waals surface area contributed by atoms with Crippen LogP contribution in [-0.2, 0) is 4.74 Å². The van der Waals surface area contributed by atoms with E-state index in [9.17, 15) is 0 Å². The van der Waals surface area contributed by atoms with Crippen LogP contribution in [0.1, 0.15) is 0 Å². The maximum absolute atomic E-state index is 8.14. The molecule has 1 fully saturated rings. The predicted octanol–water partition coefficient (Wildman–Crippen LogP) is -0.269. The Morgan fingerprint density at radius 1 is 1.33 bits per heavy atom. The molecule has 0 spiro atoms. The first-order valence-electron chi connectivity index (χ1n) is 4.24. The van der Waals surface area contributed by atoms with E-state index < -0.39 is 0 Å². The second-order valence-corrected chi connectivity index (χ2v) is 3.08. The maximum Gasteiger partial charge on any atom is 0.286 e. The quantitative estimate of drug-likeness (QED) is 0.431. The number of nitriles is 1. The van der Waals surface area contributed by atoms with Crippen LogP contribution in [0.15, 0.2) is 0 Å². The zero-order valence-electron chi connectivity index (χ0n) is 7.49. The van der Waals surface area contributed by atoms with Gasteiger partial charge in [0.15, 0.2) is 0 Å². The lowest BCUT2D eigenvalue weighted by molar-refractivity contribution is 0.126. The summed E-state index contributed by atoms with van der Waals surface area (Å²) in [5.74, 6) is 0. The van der Waals surface area contributed by atoms with Crippen LogP contribution in [0.5, 0.6) is 0 Å². The van der Waals surface area contributed by atoms with Crippen molar-refractivity contribution in [3.63, 3.8) is 0 Å². The average Bonchev–Trinajstić information content (AvgIpc) is 2.09. The predicted molar refractivity (Wildman–Crippen MR) is 45.5 cm³/mol. The van der Waals surface area contributed by atoms with E-state index in [1.165, 1.54) is 0 Å². The Kier molecular flexibility index (Phi) is 3.85. The Morgan fingerprint density at radius 3 is 2.58 bits per heavy atom. The molecule has 0 saturated carbocycles. The molecule has 0 unspecified atom stereocenters. The van der Waals surface area contributed by atoms with Gasteiger partial charge in [-0.1, -0.05) is 0 Å². The van der Waals surface area contributed by atoms with Crippen molar-refractivity contribution in [2.75, 3.05) is 46.4 Å². The molecule has 1 saturated heterocycles. The monoisotopic (exact) mass is 169 g/mol. The minimum Gasteiger partial charge on any atom is -0.426 e. The molecular weight excluding hydrogens is 154 g/mol. The van der Waals surface area contributed by atoms with Gasteiger partial charge in [-0.05, 0) is 7.05 Å². The minimum absolute atomic E-state index is 0.528. The highest BCUT2D eigenvalue weighted by atomic mass is 16.5. The molecule has 0 radical (unpaired) electrons. The van der Waals surface area contributed by atoms with Gasteiger partial charge in [-0.15, -0.1) is 0 Å². The summed E-state index contributed by atoms with van der Waals surface area (Å²) in [6.07, 6.45) is 1.68. The number of ether oxygens (including phenoxy) is 1. The van der Waals surface area contributed by atoms with Gasteiger partial charge in [-0.2, -0.15) is 5.26 Å². The van der Waals surface area contributed by atoms with Crippen LogP contribution in [0.4, 0.5) is 0 Å². The first-order valence-corrected chi connectivity index (χ1v) is 4.24. The number of likely N-dealkylation sites (N-methyl/N-ethyl adjacent to an activating group) is 1. The van der Waals surface area contributed by atoms with Gasteiger partial charge in [0.05, 0.1) is 0 Å². The first kappa shape index (κ1) is 9.30. The molecule has 1 aliphatic heterocycles. The normalized spacial score (nSPS) is 20.3. The smallest absolute Gasteiger partial charge is 0.286 e. The second-order valence-electron chi connectivity index (χ2n) is 3.08. The molecule has 0 bridgehead atoms. The summed E-state index contributed by atoms with van der Waals surface area (Å²) in [6, 6.07) is 0. The highest BCUT2D eigenvalue weighted by Crippen LogP contribution is 1.97. The van der Waals surface area contributed by atoms with Crippen molar-refractivity contribution < 1.29 is 4.74 Å². The number of hydrogen-bond acceptors (Lipinski definition) is 4. The van der Waals surface area contributed by atoms with Gasteiger partial charge in [0.25, 0.3) is 6.26 Å². The topological polar surface area (TPSA) is 39.5 Å².